The van der Waals surface area contributed by atoms with Crippen LogP contribution in [0.25, 0.3) is 0 Å². The molecule has 3 rings (SSSR count). The van der Waals surface area contributed by atoms with E-state index in [1.165, 1.54) is 6.33 Å². The van der Waals surface area contributed by atoms with E-state index in [9.17, 15) is 4.79 Å². The molecule has 19 heavy (non-hydrogen) atoms. The van der Waals surface area contributed by atoms with E-state index in [4.69, 9.17) is 23.2 Å². The van der Waals surface area contributed by atoms with E-state index in [0.717, 1.165) is 18.7 Å². The number of hydrogen-bond donors (Lipinski definition) is 2. The quantitative estimate of drug-likeness (QED) is 0.845. The van der Waals surface area contributed by atoms with Crippen LogP contribution in [0.2, 0.25) is 10.3 Å². The lowest BCUT2D eigenvalue weighted by Crippen LogP contribution is -2.15. The summed E-state index contributed by atoms with van der Waals surface area (Å²) >= 11 is 11.7. The monoisotopic (exact) mass is 298 g/mol. The van der Waals surface area contributed by atoms with Crippen molar-refractivity contribution >= 4 is 34.8 Å². The number of aromatic nitrogens is 5. The summed E-state index contributed by atoms with van der Waals surface area (Å²) < 4.78 is 0. The number of hydrogen-bond acceptors (Lipinski definition) is 5. The Kier molecular flexibility index (Phi) is 3.08. The van der Waals surface area contributed by atoms with Gasteiger partial charge in [-0.05, 0) is 12.8 Å². The van der Waals surface area contributed by atoms with Crippen LogP contribution < -0.4 is 5.32 Å². The average Bonchev–Trinajstić information content (AvgIpc) is 3.12. The highest BCUT2D eigenvalue weighted by Gasteiger charge is 2.28. The first-order chi connectivity index (χ1) is 9.15. The SMILES string of the molecule is O=C(Nc1c(Cl)ncnc1Cl)c1n[nH]c(C2CC2)n1. The lowest BCUT2D eigenvalue weighted by Gasteiger charge is -2.04. The van der Waals surface area contributed by atoms with Gasteiger partial charge in [0.05, 0.1) is 0 Å². The molecule has 1 fully saturated rings. The number of nitrogens with one attached hydrogen (secondary N) is 2. The molecule has 98 valence electrons. The summed E-state index contributed by atoms with van der Waals surface area (Å²) in [4.78, 5) is 23.5. The van der Waals surface area contributed by atoms with Crippen molar-refractivity contribution in [3.05, 3.63) is 28.3 Å². The molecule has 0 bridgehead atoms. The van der Waals surface area contributed by atoms with Crippen molar-refractivity contribution in [1.82, 2.24) is 25.1 Å². The van der Waals surface area contributed by atoms with Gasteiger partial charge in [-0.3, -0.25) is 9.89 Å². The van der Waals surface area contributed by atoms with Crippen LogP contribution in [0.5, 0.6) is 0 Å². The second kappa shape index (κ2) is 4.75. The Hall–Kier alpha value is -1.73. The van der Waals surface area contributed by atoms with E-state index >= 15 is 0 Å². The maximum atomic E-state index is 11.9. The normalized spacial score (nSPS) is 14.4. The number of carbonyl (C=O) groups is 1. The number of anilines is 1. The van der Waals surface area contributed by atoms with Crippen LogP contribution >= 0.6 is 23.2 Å². The Morgan fingerprint density at radius 3 is 2.63 bits per heavy atom. The Morgan fingerprint density at radius 1 is 1.32 bits per heavy atom. The number of carbonyl (C=O) groups excluding carboxylic acids is 1. The zero-order valence-electron chi connectivity index (χ0n) is 9.52. The summed E-state index contributed by atoms with van der Waals surface area (Å²) in [6, 6.07) is 0. The summed E-state index contributed by atoms with van der Waals surface area (Å²) in [5.74, 6) is 0.646. The largest absolute Gasteiger partial charge is 0.314 e. The molecule has 0 atom stereocenters. The molecule has 7 nitrogen and oxygen atoms in total. The Bertz CT molecular complexity index is 618. The van der Waals surface area contributed by atoms with Crippen LogP contribution in [-0.4, -0.2) is 31.1 Å². The smallest absolute Gasteiger partial charge is 0.295 e. The minimum Gasteiger partial charge on any atom is -0.314 e. The summed E-state index contributed by atoms with van der Waals surface area (Å²) in [5, 5.41) is 9.22. The van der Waals surface area contributed by atoms with Crippen molar-refractivity contribution in [2.45, 2.75) is 18.8 Å². The van der Waals surface area contributed by atoms with Crippen molar-refractivity contribution in [3.63, 3.8) is 0 Å². The molecule has 2 N–H and O–H groups in total. The minimum atomic E-state index is -0.512. The van der Waals surface area contributed by atoms with E-state index in [-0.39, 0.29) is 21.8 Å². The van der Waals surface area contributed by atoms with Gasteiger partial charge < -0.3 is 5.32 Å². The van der Waals surface area contributed by atoms with Crippen molar-refractivity contribution < 1.29 is 4.79 Å². The van der Waals surface area contributed by atoms with Crippen LogP contribution in [0.15, 0.2) is 6.33 Å². The summed E-state index contributed by atoms with van der Waals surface area (Å²) in [5.41, 5.74) is 0.147. The summed E-state index contributed by atoms with van der Waals surface area (Å²) in [6.07, 6.45) is 3.35. The van der Waals surface area contributed by atoms with Crippen LogP contribution in [0.3, 0.4) is 0 Å². The molecule has 0 radical (unpaired) electrons. The van der Waals surface area contributed by atoms with Crippen LogP contribution in [0.1, 0.15) is 35.2 Å². The number of aromatic amines is 1. The molecule has 1 amide bonds. The van der Waals surface area contributed by atoms with Gasteiger partial charge in [0, 0.05) is 5.92 Å². The fourth-order valence-corrected chi connectivity index (χ4v) is 1.94. The molecule has 0 aromatic carbocycles. The fraction of sp³-hybridized carbons (Fsp3) is 0.300. The number of H-pyrrole nitrogens is 1. The van der Waals surface area contributed by atoms with Crippen LogP contribution in [0, 0.1) is 0 Å². The van der Waals surface area contributed by atoms with Gasteiger partial charge in [-0.25, -0.2) is 15.0 Å². The maximum absolute atomic E-state index is 11.9. The van der Waals surface area contributed by atoms with Gasteiger partial charge in [0.25, 0.3) is 5.91 Å². The lowest BCUT2D eigenvalue weighted by atomic mass is 10.4. The van der Waals surface area contributed by atoms with E-state index in [2.05, 4.69) is 30.5 Å². The Balaban J connectivity index is 1.80. The molecule has 2 heterocycles. The highest BCUT2D eigenvalue weighted by atomic mass is 35.5. The molecule has 0 aliphatic heterocycles. The molecule has 2 aromatic rings. The molecule has 1 aliphatic carbocycles. The predicted molar refractivity (Wildman–Crippen MR) is 68.4 cm³/mol. The first-order valence-electron chi connectivity index (χ1n) is 5.55. The van der Waals surface area contributed by atoms with Crippen LogP contribution in [-0.2, 0) is 0 Å². The molecule has 0 saturated heterocycles. The first-order valence-corrected chi connectivity index (χ1v) is 6.30. The topological polar surface area (TPSA) is 96.5 Å². The van der Waals surface area contributed by atoms with Gasteiger partial charge in [-0.2, -0.15) is 0 Å². The highest BCUT2D eigenvalue weighted by Crippen LogP contribution is 2.37. The second-order valence-electron chi connectivity index (χ2n) is 4.10. The van der Waals surface area contributed by atoms with Crippen molar-refractivity contribution in [1.29, 1.82) is 0 Å². The van der Waals surface area contributed by atoms with Crippen molar-refractivity contribution in [2.75, 3.05) is 5.32 Å². The number of amides is 1. The third-order valence-corrected chi connectivity index (χ3v) is 3.24. The second-order valence-corrected chi connectivity index (χ2v) is 4.82. The van der Waals surface area contributed by atoms with E-state index in [1.54, 1.807) is 0 Å². The molecule has 9 heteroatoms. The zero-order valence-corrected chi connectivity index (χ0v) is 11.0. The Morgan fingerprint density at radius 2 is 2.00 bits per heavy atom. The summed E-state index contributed by atoms with van der Waals surface area (Å²) in [7, 11) is 0. The lowest BCUT2D eigenvalue weighted by molar-refractivity contribution is 0.101. The average molecular weight is 299 g/mol. The minimum absolute atomic E-state index is 0.0397. The molecule has 1 aliphatic rings. The highest BCUT2D eigenvalue weighted by molar-refractivity contribution is 6.38. The van der Waals surface area contributed by atoms with Gasteiger partial charge in [0.15, 0.2) is 10.3 Å². The molecule has 1 saturated carbocycles. The standard InChI is InChI=1S/C10H8Cl2N6O/c11-6-5(7(12)14-3-13-6)15-10(19)9-16-8(17-18-9)4-1-2-4/h3-4H,1-2H2,(H,15,19)(H,16,17,18). The number of halogens is 2. The zero-order chi connectivity index (χ0) is 13.4. The molecule has 0 unspecified atom stereocenters. The number of nitrogens with zero attached hydrogens (tertiary/aromatic N) is 4. The van der Waals surface area contributed by atoms with Crippen molar-refractivity contribution in [3.8, 4) is 0 Å². The van der Waals surface area contributed by atoms with E-state index in [1.807, 2.05) is 0 Å². The molecule has 2 aromatic heterocycles. The summed E-state index contributed by atoms with van der Waals surface area (Å²) in [6.45, 7) is 0. The van der Waals surface area contributed by atoms with Gasteiger partial charge in [-0.1, -0.05) is 23.2 Å². The Labute approximate surface area is 117 Å². The van der Waals surface area contributed by atoms with Crippen LogP contribution in [0.4, 0.5) is 5.69 Å². The predicted octanol–water partition coefficient (Wildman–Crippen LogP) is 2.03. The third-order valence-electron chi connectivity index (χ3n) is 2.66. The molecule has 0 spiro atoms. The first kappa shape index (κ1) is 12.3. The van der Waals surface area contributed by atoms with E-state index < -0.39 is 5.91 Å². The maximum Gasteiger partial charge on any atom is 0.295 e. The van der Waals surface area contributed by atoms with Crippen molar-refractivity contribution in [2.24, 2.45) is 0 Å². The fourth-order valence-electron chi connectivity index (χ4n) is 1.53. The molecular formula is C10H8Cl2N6O. The van der Waals surface area contributed by atoms with Gasteiger partial charge >= 0.3 is 0 Å². The van der Waals surface area contributed by atoms with Gasteiger partial charge in [0.1, 0.15) is 17.8 Å². The van der Waals surface area contributed by atoms with Gasteiger partial charge in [0.2, 0.25) is 5.82 Å². The van der Waals surface area contributed by atoms with E-state index in [0.29, 0.717) is 5.92 Å². The third kappa shape index (κ3) is 2.52. The molecular weight excluding hydrogens is 291 g/mol. The van der Waals surface area contributed by atoms with Gasteiger partial charge in [-0.15, -0.1) is 5.10 Å². The number of rotatable bonds is 3.